The molecule has 1 aromatic heterocycles. The summed E-state index contributed by atoms with van der Waals surface area (Å²) in [5.41, 5.74) is 0.818. The number of carbonyl (C=O) groups is 1. The van der Waals surface area contributed by atoms with Crippen LogP contribution >= 0.6 is 22.6 Å². The van der Waals surface area contributed by atoms with E-state index in [4.69, 9.17) is 9.15 Å². The van der Waals surface area contributed by atoms with E-state index >= 15 is 0 Å². The molecule has 0 saturated carbocycles. The molecule has 0 unspecified atom stereocenters. The van der Waals surface area contributed by atoms with E-state index in [0.29, 0.717) is 5.75 Å². The van der Waals surface area contributed by atoms with E-state index in [-0.39, 0.29) is 18.6 Å². The third-order valence-corrected chi connectivity index (χ3v) is 4.15. The molecule has 3 rings (SSSR count). The van der Waals surface area contributed by atoms with Crippen LogP contribution in [0.3, 0.4) is 0 Å². The van der Waals surface area contributed by atoms with Crippen LogP contribution in [0.1, 0.15) is 18.7 Å². The Balaban J connectivity index is 1.57. The van der Waals surface area contributed by atoms with Crippen molar-refractivity contribution in [2.24, 2.45) is 0 Å². The Hall–Kier alpha value is -2.02. The smallest absolute Gasteiger partial charge is 0.258 e. The molecule has 23 heavy (non-hydrogen) atoms. The van der Waals surface area contributed by atoms with Crippen molar-refractivity contribution < 1.29 is 13.9 Å². The molecular weight excluding hydrogens is 405 g/mol. The van der Waals surface area contributed by atoms with Crippen LogP contribution < -0.4 is 10.1 Å². The number of hydrogen-bond acceptors (Lipinski definition) is 3. The summed E-state index contributed by atoms with van der Waals surface area (Å²) < 4.78 is 12.3. The van der Waals surface area contributed by atoms with E-state index in [9.17, 15) is 4.79 Å². The standard InChI is InChI=1S/C18H16INO3/c1-12(17-10-13-4-2-3-5-16(13)23-17)20-18(21)11-22-15-8-6-14(19)7-9-15/h2-10,12H,11H2,1H3,(H,20,21)/t12-/m1/s1. The lowest BCUT2D eigenvalue weighted by molar-refractivity contribution is -0.123. The van der Waals surface area contributed by atoms with Crippen molar-refractivity contribution in [1.82, 2.24) is 5.32 Å². The van der Waals surface area contributed by atoms with E-state index in [2.05, 4.69) is 27.9 Å². The van der Waals surface area contributed by atoms with Crippen LogP contribution in [0.15, 0.2) is 59.0 Å². The average molecular weight is 421 g/mol. The number of rotatable bonds is 5. The molecule has 4 nitrogen and oxygen atoms in total. The maximum absolute atomic E-state index is 12.0. The second-order valence-electron chi connectivity index (χ2n) is 5.22. The van der Waals surface area contributed by atoms with Crippen LogP contribution in [0, 0.1) is 3.57 Å². The van der Waals surface area contributed by atoms with Gasteiger partial charge in [-0.25, -0.2) is 0 Å². The van der Waals surface area contributed by atoms with Gasteiger partial charge in [0.2, 0.25) is 0 Å². The minimum atomic E-state index is -0.213. The van der Waals surface area contributed by atoms with Crippen molar-refractivity contribution >= 4 is 39.5 Å². The Morgan fingerprint density at radius 1 is 1.22 bits per heavy atom. The van der Waals surface area contributed by atoms with Gasteiger partial charge in [-0.05, 0) is 65.9 Å². The van der Waals surface area contributed by atoms with Crippen LogP contribution in [0.25, 0.3) is 11.0 Å². The van der Waals surface area contributed by atoms with Gasteiger partial charge in [-0.1, -0.05) is 18.2 Å². The Labute approximate surface area is 148 Å². The predicted octanol–water partition coefficient (Wildman–Crippen LogP) is 4.29. The highest BCUT2D eigenvalue weighted by Crippen LogP contribution is 2.23. The largest absolute Gasteiger partial charge is 0.484 e. The molecule has 0 aliphatic rings. The molecule has 1 N–H and O–H groups in total. The van der Waals surface area contributed by atoms with Gasteiger partial charge in [0.1, 0.15) is 17.1 Å². The number of carbonyl (C=O) groups excluding carboxylic acids is 1. The van der Waals surface area contributed by atoms with Gasteiger partial charge in [-0.2, -0.15) is 0 Å². The van der Waals surface area contributed by atoms with Gasteiger partial charge in [0, 0.05) is 8.96 Å². The molecule has 0 spiro atoms. The summed E-state index contributed by atoms with van der Waals surface area (Å²) in [6, 6.07) is 17.1. The van der Waals surface area contributed by atoms with E-state index in [1.54, 1.807) is 0 Å². The van der Waals surface area contributed by atoms with Gasteiger partial charge in [0.15, 0.2) is 6.61 Å². The van der Waals surface area contributed by atoms with Crippen molar-refractivity contribution in [3.05, 3.63) is 63.9 Å². The number of hydrogen-bond donors (Lipinski definition) is 1. The first-order chi connectivity index (χ1) is 11.1. The highest BCUT2D eigenvalue weighted by molar-refractivity contribution is 14.1. The van der Waals surface area contributed by atoms with Crippen molar-refractivity contribution in [3.63, 3.8) is 0 Å². The Morgan fingerprint density at radius 3 is 2.70 bits per heavy atom. The molecule has 1 amide bonds. The Bertz CT molecular complexity index is 778. The molecular formula is C18H16INO3. The highest BCUT2D eigenvalue weighted by atomic mass is 127. The summed E-state index contributed by atoms with van der Waals surface area (Å²) in [6.45, 7) is 1.87. The van der Waals surface area contributed by atoms with Gasteiger partial charge in [-0.15, -0.1) is 0 Å². The zero-order chi connectivity index (χ0) is 16.2. The van der Waals surface area contributed by atoms with Gasteiger partial charge < -0.3 is 14.5 Å². The summed E-state index contributed by atoms with van der Waals surface area (Å²) in [5.74, 6) is 1.22. The minimum Gasteiger partial charge on any atom is -0.484 e. The van der Waals surface area contributed by atoms with E-state index in [0.717, 1.165) is 20.3 Å². The normalized spacial score (nSPS) is 12.1. The van der Waals surface area contributed by atoms with Crippen molar-refractivity contribution in [2.75, 3.05) is 6.61 Å². The predicted molar refractivity (Wildman–Crippen MR) is 97.4 cm³/mol. The quantitative estimate of drug-likeness (QED) is 0.626. The van der Waals surface area contributed by atoms with E-state index < -0.39 is 0 Å². The van der Waals surface area contributed by atoms with Crippen molar-refractivity contribution in [2.45, 2.75) is 13.0 Å². The molecule has 5 heteroatoms. The Morgan fingerprint density at radius 2 is 1.96 bits per heavy atom. The van der Waals surface area contributed by atoms with Crippen LogP contribution in [-0.4, -0.2) is 12.5 Å². The lowest BCUT2D eigenvalue weighted by Gasteiger charge is -2.12. The molecule has 0 fully saturated rings. The van der Waals surface area contributed by atoms with Gasteiger partial charge in [0.05, 0.1) is 6.04 Å². The molecule has 1 atom stereocenters. The third-order valence-electron chi connectivity index (χ3n) is 3.43. The highest BCUT2D eigenvalue weighted by Gasteiger charge is 2.14. The van der Waals surface area contributed by atoms with Crippen LogP contribution in [0.4, 0.5) is 0 Å². The molecule has 3 aromatic rings. The molecule has 0 aliphatic carbocycles. The maximum atomic E-state index is 12.0. The first kappa shape index (κ1) is 15.9. The zero-order valence-corrected chi connectivity index (χ0v) is 14.7. The molecule has 118 valence electrons. The summed E-state index contributed by atoms with van der Waals surface area (Å²) in [7, 11) is 0. The number of nitrogens with one attached hydrogen (secondary N) is 1. The monoisotopic (exact) mass is 421 g/mol. The van der Waals surface area contributed by atoms with Crippen molar-refractivity contribution in [3.8, 4) is 5.75 Å². The second-order valence-corrected chi connectivity index (χ2v) is 6.46. The number of fused-ring (bicyclic) bond motifs is 1. The van der Waals surface area contributed by atoms with Crippen molar-refractivity contribution in [1.29, 1.82) is 0 Å². The summed E-state index contributed by atoms with van der Waals surface area (Å²) in [6.07, 6.45) is 0. The fourth-order valence-electron chi connectivity index (χ4n) is 2.25. The molecule has 0 radical (unpaired) electrons. The zero-order valence-electron chi connectivity index (χ0n) is 12.6. The van der Waals surface area contributed by atoms with E-state index in [1.807, 2.05) is 61.5 Å². The fraction of sp³-hybridized carbons (Fsp3) is 0.167. The fourth-order valence-corrected chi connectivity index (χ4v) is 2.61. The summed E-state index contributed by atoms with van der Waals surface area (Å²) >= 11 is 2.22. The number of halogens is 1. The Kier molecular flexibility index (Phi) is 4.85. The number of amides is 1. The third kappa shape index (κ3) is 4.04. The molecule has 0 aliphatic heterocycles. The maximum Gasteiger partial charge on any atom is 0.258 e. The molecule has 0 bridgehead atoms. The second kappa shape index (κ2) is 7.04. The number of ether oxygens (including phenoxy) is 1. The van der Waals surface area contributed by atoms with E-state index in [1.165, 1.54) is 0 Å². The lowest BCUT2D eigenvalue weighted by Crippen LogP contribution is -2.31. The molecule has 2 aromatic carbocycles. The number of para-hydroxylation sites is 1. The molecule has 1 heterocycles. The summed E-state index contributed by atoms with van der Waals surface area (Å²) in [5, 5.41) is 3.91. The summed E-state index contributed by atoms with van der Waals surface area (Å²) in [4.78, 5) is 12.0. The first-order valence-electron chi connectivity index (χ1n) is 7.28. The van der Waals surface area contributed by atoms with Crippen LogP contribution in [0.2, 0.25) is 0 Å². The van der Waals surface area contributed by atoms with Crippen LogP contribution in [0.5, 0.6) is 5.75 Å². The topological polar surface area (TPSA) is 51.5 Å². The first-order valence-corrected chi connectivity index (χ1v) is 8.36. The number of furan rings is 1. The van der Waals surface area contributed by atoms with Crippen LogP contribution in [-0.2, 0) is 4.79 Å². The van der Waals surface area contributed by atoms with Gasteiger partial charge >= 0.3 is 0 Å². The lowest BCUT2D eigenvalue weighted by atomic mass is 10.2. The average Bonchev–Trinajstić information content (AvgIpc) is 2.98. The SMILES string of the molecule is C[C@@H](NC(=O)COc1ccc(I)cc1)c1cc2ccccc2o1. The number of benzene rings is 2. The molecule has 0 saturated heterocycles. The minimum absolute atomic E-state index is 0.0227. The van der Waals surface area contributed by atoms with Gasteiger partial charge in [-0.3, -0.25) is 4.79 Å². The van der Waals surface area contributed by atoms with Gasteiger partial charge in [0.25, 0.3) is 5.91 Å².